The molecule has 2 N–H and O–H groups in total. The molecule has 0 saturated heterocycles. The highest BCUT2D eigenvalue weighted by molar-refractivity contribution is 6.30. The molecule has 0 amide bonds. The number of allylic oxidation sites excluding steroid dienone is 1. The molecule has 8 heavy (non-hydrogen) atoms. The predicted octanol–water partition coefficient (Wildman–Crippen LogP) is 1.12. The molecule has 0 saturated carbocycles. The third kappa shape index (κ3) is 3.68. The first-order chi connectivity index (χ1) is 3.66. The van der Waals surface area contributed by atoms with Gasteiger partial charge in [-0.2, -0.15) is 0 Å². The summed E-state index contributed by atoms with van der Waals surface area (Å²) >= 11 is 5.45. The summed E-state index contributed by atoms with van der Waals surface area (Å²) in [7, 11) is 1.62. The topological polar surface area (TPSA) is 38.4 Å². The van der Waals surface area contributed by atoms with Gasteiger partial charge in [-0.25, -0.2) is 0 Å². The summed E-state index contributed by atoms with van der Waals surface area (Å²) in [4.78, 5) is 3.66. The summed E-state index contributed by atoms with van der Waals surface area (Å²) < 4.78 is 0. The number of rotatable bonds is 1. The van der Waals surface area contributed by atoms with E-state index in [1.807, 2.05) is 0 Å². The molecule has 0 rings (SSSR count). The first kappa shape index (κ1) is 7.50. The number of hydrogen-bond acceptors (Lipinski definition) is 1. The summed E-state index contributed by atoms with van der Waals surface area (Å²) in [5.74, 6) is 0.456. The largest absolute Gasteiger partial charge is 0.384 e. The molecule has 0 unspecified atom stereocenters. The van der Waals surface area contributed by atoms with Gasteiger partial charge in [0.25, 0.3) is 0 Å². The fourth-order valence-electron chi connectivity index (χ4n) is 0.268. The second kappa shape index (κ2) is 3.50. The van der Waals surface area contributed by atoms with E-state index in [1.165, 1.54) is 0 Å². The first-order valence-electron chi connectivity index (χ1n) is 2.23. The molecular formula is C5H9ClN2. The van der Waals surface area contributed by atoms with Crippen molar-refractivity contribution in [3.63, 3.8) is 0 Å². The molecule has 3 heteroatoms. The molecule has 0 radical (unpaired) electrons. The van der Waals surface area contributed by atoms with E-state index in [9.17, 15) is 0 Å². The maximum absolute atomic E-state index is 5.45. The van der Waals surface area contributed by atoms with Gasteiger partial charge in [0.15, 0.2) is 0 Å². The quantitative estimate of drug-likeness (QED) is 0.421. The van der Waals surface area contributed by atoms with Crippen molar-refractivity contribution in [2.24, 2.45) is 10.7 Å². The van der Waals surface area contributed by atoms with Crippen molar-refractivity contribution in [3.05, 3.63) is 11.1 Å². The third-order valence-electron chi connectivity index (χ3n) is 0.605. The minimum absolute atomic E-state index is 0.456. The fraction of sp³-hybridized carbons (Fsp3) is 0.400. The maximum Gasteiger partial charge on any atom is 0.119 e. The van der Waals surface area contributed by atoms with E-state index in [1.54, 1.807) is 20.0 Å². The van der Waals surface area contributed by atoms with Gasteiger partial charge in [0, 0.05) is 12.1 Å². The van der Waals surface area contributed by atoms with Gasteiger partial charge in [0.1, 0.15) is 5.84 Å². The molecule has 46 valence electrons. The van der Waals surface area contributed by atoms with Crippen molar-refractivity contribution in [3.8, 4) is 0 Å². The Kier molecular flexibility index (Phi) is 3.28. The first-order valence-corrected chi connectivity index (χ1v) is 2.60. The summed E-state index contributed by atoms with van der Waals surface area (Å²) in [6.07, 6.45) is 1.60. The average Bonchev–Trinajstić information content (AvgIpc) is 1.65. The van der Waals surface area contributed by atoms with Crippen molar-refractivity contribution in [2.45, 2.75) is 6.92 Å². The van der Waals surface area contributed by atoms with E-state index in [-0.39, 0.29) is 0 Å². The summed E-state index contributed by atoms with van der Waals surface area (Å²) in [6, 6.07) is 0. The number of nitrogens with zero attached hydrogens (tertiary/aromatic N) is 1. The Morgan fingerprint density at radius 2 is 2.25 bits per heavy atom. The van der Waals surface area contributed by atoms with Crippen molar-refractivity contribution in [1.82, 2.24) is 0 Å². The Labute approximate surface area is 54.0 Å². The summed E-state index contributed by atoms with van der Waals surface area (Å²) in [5.41, 5.74) is 5.26. The highest BCUT2D eigenvalue weighted by Gasteiger charge is 1.81. The average molecular weight is 133 g/mol. The van der Waals surface area contributed by atoms with Gasteiger partial charge in [-0.3, -0.25) is 4.99 Å². The predicted molar refractivity (Wildman–Crippen MR) is 37.2 cm³/mol. The van der Waals surface area contributed by atoms with Crippen molar-refractivity contribution >= 4 is 17.4 Å². The third-order valence-corrected chi connectivity index (χ3v) is 0.714. The zero-order valence-electron chi connectivity index (χ0n) is 4.98. The zero-order chi connectivity index (χ0) is 6.57. The fourth-order valence-corrected chi connectivity index (χ4v) is 0.380. The Balaban J connectivity index is 3.89. The SMILES string of the molecule is C/N=C(N)\C=C(/C)Cl. The number of nitrogens with two attached hydrogens (primary N) is 1. The molecule has 0 aliphatic carbocycles. The van der Waals surface area contributed by atoms with Crippen molar-refractivity contribution < 1.29 is 0 Å². The molecule has 0 aromatic rings. The van der Waals surface area contributed by atoms with Crippen LogP contribution >= 0.6 is 11.6 Å². The molecule has 0 fully saturated rings. The van der Waals surface area contributed by atoms with Gasteiger partial charge >= 0.3 is 0 Å². The molecule has 0 spiro atoms. The number of aliphatic imine (C=N–C) groups is 1. The Morgan fingerprint density at radius 3 is 2.38 bits per heavy atom. The molecule has 2 nitrogen and oxygen atoms in total. The molecule has 0 aliphatic rings. The van der Waals surface area contributed by atoms with Crippen LogP contribution in [-0.4, -0.2) is 12.9 Å². The monoisotopic (exact) mass is 132 g/mol. The summed E-state index contributed by atoms with van der Waals surface area (Å²) in [6.45, 7) is 1.75. The van der Waals surface area contributed by atoms with Crippen molar-refractivity contribution in [1.29, 1.82) is 0 Å². The standard InChI is InChI=1S/C5H9ClN2/c1-4(6)3-5(7)8-2/h3H,1-2H3,(H2,7,8)/b4-3+. The van der Waals surface area contributed by atoms with Crippen LogP contribution in [0.4, 0.5) is 0 Å². The van der Waals surface area contributed by atoms with E-state index in [2.05, 4.69) is 4.99 Å². The molecule has 0 aromatic carbocycles. The minimum atomic E-state index is 0.456. The lowest BCUT2D eigenvalue weighted by Crippen LogP contribution is -2.06. The van der Waals surface area contributed by atoms with Gasteiger partial charge < -0.3 is 5.73 Å². The van der Waals surface area contributed by atoms with Gasteiger partial charge in [0.2, 0.25) is 0 Å². The van der Waals surface area contributed by atoms with Crippen LogP contribution in [0.3, 0.4) is 0 Å². The van der Waals surface area contributed by atoms with Gasteiger partial charge in [0.05, 0.1) is 0 Å². The van der Waals surface area contributed by atoms with Crippen LogP contribution in [0.5, 0.6) is 0 Å². The smallest absolute Gasteiger partial charge is 0.119 e. The van der Waals surface area contributed by atoms with Gasteiger partial charge in [-0.15, -0.1) is 0 Å². The van der Waals surface area contributed by atoms with Crippen LogP contribution in [-0.2, 0) is 0 Å². The molecule has 0 aromatic heterocycles. The lowest BCUT2D eigenvalue weighted by atomic mass is 10.5. The van der Waals surface area contributed by atoms with Crippen LogP contribution in [0.1, 0.15) is 6.92 Å². The maximum atomic E-state index is 5.45. The Hall–Kier alpha value is -0.500. The number of hydrogen-bond donors (Lipinski definition) is 1. The molecule has 0 bridgehead atoms. The van der Waals surface area contributed by atoms with Crippen LogP contribution in [0, 0.1) is 0 Å². The van der Waals surface area contributed by atoms with Gasteiger partial charge in [-0.1, -0.05) is 11.6 Å². The Morgan fingerprint density at radius 1 is 1.75 bits per heavy atom. The number of amidine groups is 1. The van der Waals surface area contributed by atoms with E-state index < -0.39 is 0 Å². The van der Waals surface area contributed by atoms with Crippen LogP contribution in [0.2, 0.25) is 0 Å². The second-order valence-electron chi connectivity index (χ2n) is 1.38. The van der Waals surface area contributed by atoms with Gasteiger partial charge in [-0.05, 0) is 13.0 Å². The number of halogens is 1. The zero-order valence-corrected chi connectivity index (χ0v) is 5.74. The molecule has 0 atom stereocenters. The van der Waals surface area contributed by atoms with E-state index in [0.717, 1.165) is 0 Å². The highest BCUT2D eigenvalue weighted by atomic mass is 35.5. The van der Waals surface area contributed by atoms with Crippen molar-refractivity contribution in [2.75, 3.05) is 7.05 Å². The second-order valence-corrected chi connectivity index (χ2v) is 1.98. The molecular weight excluding hydrogens is 124 g/mol. The lowest BCUT2D eigenvalue weighted by molar-refractivity contribution is 1.41. The highest BCUT2D eigenvalue weighted by Crippen LogP contribution is 1.95. The molecule has 0 aliphatic heterocycles. The van der Waals surface area contributed by atoms with E-state index >= 15 is 0 Å². The summed E-state index contributed by atoms with van der Waals surface area (Å²) in [5, 5.41) is 0.646. The minimum Gasteiger partial charge on any atom is -0.384 e. The van der Waals surface area contributed by atoms with Crippen LogP contribution in [0.15, 0.2) is 16.1 Å². The van der Waals surface area contributed by atoms with Crippen LogP contribution < -0.4 is 5.73 Å². The molecule has 0 heterocycles. The Bertz CT molecular complexity index is 122. The lowest BCUT2D eigenvalue weighted by Gasteiger charge is -1.86. The normalized spacial score (nSPS) is 14.4. The van der Waals surface area contributed by atoms with E-state index in [4.69, 9.17) is 17.3 Å². The van der Waals surface area contributed by atoms with E-state index in [0.29, 0.717) is 10.9 Å². The van der Waals surface area contributed by atoms with Crippen LogP contribution in [0.25, 0.3) is 0 Å².